The van der Waals surface area contributed by atoms with E-state index in [0.717, 1.165) is 19.1 Å². The third kappa shape index (κ3) is 1.18. The van der Waals surface area contributed by atoms with E-state index in [0.29, 0.717) is 6.04 Å². The molecule has 1 fully saturated rings. The topological polar surface area (TPSA) is 29.3 Å². The maximum absolute atomic E-state index is 5.86. The zero-order valence-corrected chi connectivity index (χ0v) is 8.32. The van der Waals surface area contributed by atoms with Crippen LogP contribution in [0.1, 0.15) is 30.0 Å². The second-order valence-electron chi connectivity index (χ2n) is 4.35. The average Bonchev–Trinajstić information content (AvgIpc) is 2.99. The van der Waals surface area contributed by atoms with Gasteiger partial charge in [-0.05, 0) is 24.0 Å². The highest BCUT2D eigenvalue weighted by molar-refractivity contribution is 5.34. The van der Waals surface area contributed by atoms with Crippen molar-refractivity contribution in [2.45, 2.75) is 31.5 Å². The predicted molar refractivity (Wildman–Crippen MR) is 56.8 cm³/mol. The minimum Gasteiger partial charge on any atom is -0.329 e. The van der Waals surface area contributed by atoms with Crippen LogP contribution in [0, 0.1) is 0 Å². The van der Waals surface area contributed by atoms with Gasteiger partial charge in [0.2, 0.25) is 0 Å². The van der Waals surface area contributed by atoms with E-state index in [1.165, 1.54) is 24.0 Å². The molecule has 2 N–H and O–H groups in total. The Balaban J connectivity index is 1.96. The number of rotatable bonds is 2. The van der Waals surface area contributed by atoms with Gasteiger partial charge in [0.1, 0.15) is 0 Å². The molecule has 14 heavy (non-hydrogen) atoms. The molecule has 1 aliphatic carbocycles. The lowest BCUT2D eigenvalue weighted by atomic mass is 10.1. The second kappa shape index (κ2) is 3.07. The van der Waals surface area contributed by atoms with E-state index < -0.39 is 0 Å². The number of hydrogen-bond acceptors (Lipinski definition) is 2. The normalized spacial score (nSPS) is 26.5. The number of nitrogens with two attached hydrogens (primary N) is 1. The first kappa shape index (κ1) is 8.45. The molecule has 0 spiro atoms. The predicted octanol–water partition coefficient (Wildman–Crippen LogP) is 1.66. The molecule has 0 amide bonds. The molecule has 1 aliphatic heterocycles. The van der Waals surface area contributed by atoms with Crippen molar-refractivity contribution in [2.24, 2.45) is 5.73 Å². The van der Waals surface area contributed by atoms with Gasteiger partial charge in [-0.15, -0.1) is 0 Å². The van der Waals surface area contributed by atoms with Crippen molar-refractivity contribution in [1.29, 1.82) is 0 Å². The lowest BCUT2D eigenvalue weighted by Crippen LogP contribution is -2.29. The van der Waals surface area contributed by atoms with Gasteiger partial charge in [-0.2, -0.15) is 0 Å². The van der Waals surface area contributed by atoms with Crippen molar-refractivity contribution in [1.82, 2.24) is 4.90 Å². The Morgan fingerprint density at radius 1 is 1.29 bits per heavy atom. The molecule has 1 saturated carbocycles. The summed E-state index contributed by atoms with van der Waals surface area (Å²) in [5, 5.41) is 0. The summed E-state index contributed by atoms with van der Waals surface area (Å²) in [4.78, 5) is 2.57. The number of fused-ring (bicyclic) bond motifs is 1. The lowest BCUT2D eigenvalue weighted by molar-refractivity contribution is 0.209. The summed E-state index contributed by atoms with van der Waals surface area (Å²) in [6, 6.07) is 10.0. The smallest absolute Gasteiger partial charge is 0.0480 e. The molecule has 3 rings (SSSR count). The van der Waals surface area contributed by atoms with Crippen LogP contribution >= 0.6 is 0 Å². The molecule has 2 aliphatic rings. The van der Waals surface area contributed by atoms with Gasteiger partial charge in [-0.25, -0.2) is 0 Å². The zero-order valence-electron chi connectivity index (χ0n) is 8.32. The SMILES string of the molecule is NCC1c2ccccc2CN1C1CC1. The minimum absolute atomic E-state index is 0.485. The summed E-state index contributed by atoms with van der Waals surface area (Å²) in [5.74, 6) is 0. The van der Waals surface area contributed by atoms with Crippen LogP contribution < -0.4 is 5.73 Å². The lowest BCUT2D eigenvalue weighted by Gasteiger charge is -2.23. The first-order valence-electron chi connectivity index (χ1n) is 5.44. The van der Waals surface area contributed by atoms with Gasteiger partial charge >= 0.3 is 0 Å². The fraction of sp³-hybridized carbons (Fsp3) is 0.500. The van der Waals surface area contributed by atoms with Gasteiger partial charge in [0.15, 0.2) is 0 Å². The molecular formula is C12H16N2. The zero-order chi connectivity index (χ0) is 9.54. The van der Waals surface area contributed by atoms with E-state index in [1.54, 1.807) is 0 Å². The Bertz CT molecular complexity index is 344. The van der Waals surface area contributed by atoms with E-state index in [4.69, 9.17) is 5.73 Å². The van der Waals surface area contributed by atoms with E-state index >= 15 is 0 Å². The van der Waals surface area contributed by atoms with Crippen LogP contribution in [0.25, 0.3) is 0 Å². The van der Waals surface area contributed by atoms with Gasteiger partial charge in [0.05, 0.1) is 0 Å². The fourth-order valence-corrected chi connectivity index (χ4v) is 2.54. The molecule has 2 heteroatoms. The molecule has 0 radical (unpaired) electrons. The Morgan fingerprint density at radius 2 is 2.07 bits per heavy atom. The van der Waals surface area contributed by atoms with Gasteiger partial charge in [-0.3, -0.25) is 4.90 Å². The third-order valence-electron chi connectivity index (χ3n) is 3.41. The van der Waals surface area contributed by atoms with Crippen molar-refractivity contribution >= 4 is 0 Å². The molecule has 74 valence electrons. The largest absolute Gasteiger partial charge is 0.329 e. The monoisotopic (exact) mass is 188 g/mol. The highest BCUT2D eigenvalue weighted by Crippen LogP contribution is 2.41. The molecule has 2 nitrogen and oxygen atoms in total. The van der Waals surface area contributed by atoms with E-state index in [1.807, 2.05) is 0 Å². The number of benzene rings is 1. The highest BCUT2D eigenvalue weighted by Gasteiger charge is 2.38. The summed E-state index contributed by atoms with van der Waals surface area (Å²) >= 11 is 0. The van der Waals surface area contributed by atoms with Crippen LogP contribution in [-0.4, -0.2) is 17.5 Å². The van der Waals surface area contributed by atoms with Crippen molar-refractivity contribution < 1.29 is 0 Å². The average molecular weight is 188 g/mol. The maximum Gasteiger partial charge on any atom is 0.0480 e. The molecule has 1 unspecified atom stereocenters. The third-order valence-corrected chi connectivity index (χ3v) is 3.41. The number of nitrogens with zero attached hydrogens (tertiary/aromatic N) is 1. The van der Waals surface area contributed by atoms with Gasteiger partial charge in [-0.1, -0.05) is 24.3 Å². The van der Waals surface area contributed by atoms with E-state index in [2.05, 4.69) is 29.2 Å². The molecule has 0 saturated heterocycles. The number of hydrogen-bond donors (Lipinski definition) is 1. The summed E-state index contributed by atoms with van der Waals surface area (Å²) in [7, 11) is 0. The summed E-state index contributed by atoms with van der Waals surface area (Å²) in [5.41, 5.74) is 8.80. The molecule has 0 aromatic heterocycles. The summed E-state index contributed by atoms with van der Waals surface area (Å²) < 4.78 is 0. The Morgan fingerprint density at radius 3 is 2.79 bits per heavy atom. The van der Waals surface area contributed by atoms with Gasteiger partial charge < -0.3 is 5.73 Å². The van der Waals surface area contributed by atoms with Crippen LogP contribution in [0.4, 0.5) is 0 Å². The summed E-state index contributed by atoms with van der Waals surface area (Å²) in [6.45, 7) is 1.87. The molecule has 0 bridgehead atoms. The van der Waals surface area contributed by atoms with Crippen molar-refractivity contribution in [2.75, 3.05) is 6.54 Å². The highest BCUT2D eigenvalue weighted by atomic mass is 15.2. The summed E-state index contributed by atoms with van der Waals surface area (Å²) in [6.07, 6.45) is 2.73. The van der Waals surface area contributed by atoms with Crippen LogP contribution in [0.5, 0.6) is 0 Å². The first-order chi connectivity index (χ1) is 6.90. The van der Waals surface area contributed by atoms with Crippen LogP contribution in [-0.2, 0) is 6.54 Å². The van der Waals surface area contributed by atoms with Crippen molar-refractivity contribution in [3.63, 3.8) is 0 Å². The Kier molecular flexibility index (Phi) is 1.85. The maximum atomic E-state index is 5.86. The van der Waals surface area contributed by atoms with Gasteiger partial charge in [0.25, 0.3) is 0 Å². The standard InChI is InChI=1S/C12H16N2/c13-7-12-11-4-2-1-3-9(11)8-14(12)10-5-6-10/h1-4,10,12H,5-8,13H2. The molecule has 1 aromatic rings. The van der Waals surface area contributed by atoms with Crippen LogP contribution in [0.2, 0.25) is 0 Å². The van der Waals surface area contributed by atoms with Crippen molar-refractivity contribution in [3.05, 3.63) is 35.4 Å². The Hall–Kier alpha value is -0.860. The molecular weight excluding hydrogens is 172 g/mol. The molecule has 1 atom stereocenters. The van der Waals surface area contributed by atoms with E-state index in [-0.39, 0.29) is 0 Å². The van der Waals surface area contributed by atoms with Crippen LogP contribution in [0.3, 0.4) is 0 Å². The van der Waals surface area contributed by atoms with Crippen molar-refractivity contribution in [3.8, 4) is 0 Å². The Labute approximate surface area is 84.7 Å². The molecule has 1 aromatic carbocycles. The molecule has 1 heterocycles. The fourth-order valence-electron chi connectivity index (χ4n) is 2.54. The van der Waals surface area contributed by atoms with Gasteiger partial charge in [0, 0.05) is 25.2 Å². The quantitative estimate of drug-likeness (QED) is 0.765. The first-order valence-corrected chi connectivity index (χ1v) is 5.44. The second-order valence-corrected chi connectivity index (χ2v) is 4.35. The van der Waals surface area contributed by atoms with Crippen LogP contribution in [0.15, 0.2) is 24.3 Å². The minimum atomic E-state index is 0.485. The van der Waals surface area contributed by atoms with E-state index in [9.17, 15) is 0 Å².